The zero-order valence-electron chi connectivity index (χ0n) is 12.3. The average Bonchev–Trinajstić information content (AvgIpc) is 2.46. The Hall–Kier alpha value is -1.39. The van der Waals surface area contributed by atoms with Crippen LogP contribution >= 0.6 is 0 Å². The van der Waals surface area contributed by atoms with E-state index in [9.17, 15) is 4.79 Å². The second-order valence-electron chi connectivity index (χ2n) is 5.76. The van der Waals surface area contributed by atoms with Crippen LogP contribution in [0, 0.1) is 5.92 Å². The van der Waals surface area contributed by atoms with Crippen molar-refractivity contribution in [3.8, 4) is 0 Å². The van der Waals surface area contributed by atoms with Gasteiger partial charge in [0.25, 0.3) is 0 Å². The van der Waals surface area contributed by atoms with Crippen LogP contribution in [-0.4, -0.2) is 37.0 Å². The molecule has 0 aromatic heterocycles. The van der Waals surface area contributed by atoms with Gasteiger partial charge in [0.2, 0.25) is 5.91 Å². The average molecular weight is 275 g/mol. The number of nitrogens with zero attached hydrogens (tertiary/aromatic N) is 1. The van der Waals surface area contributed by atoms with Crippen LogP contribution in [0.3, 0.4) is 0 Å². The molecule has 1 aromatic carbocycles. The van der Waals surface area contributed by atoms with Crippen molar-refractivity contribution < 1.29 is 4.79 Å². The van der Waals surface area contributed by atoms with Gasteiger partial charge in [0, 0.05) is 25.2 Å². The first-order valence-electron chi connectivity index (χ1n) is 7.47. The minimum absolute atomic E-state index is 0.371. The maximum Gasteiger partial charge on any atom is 0.248 e. The molecule has 0 radical (unpaired) electrons. The normalized spacial score (nSPS) is 17.2. The number of amides is 1. The number of primary amides is 1. The molecule has 110 valence electrons. The molecule has 1 aromatic rings. The van der Waals surface area contributed by atoms with Crippen molar-refractivity contribution in [2.45, 2.75) is 26.3 Å². The predicted molar refractivity (Wildman–Crippen MR) is 81.5 cm³/mol. The lowest BCUT2D eigenvalue weighted by atomic mass is 9.99. The van der Waals surface area contributed by atoms with Crippen LogP contribution in [0.15, 0.2) is 24.3 Å². The molecule has 1 saturated heterocycles. The van der Waals surface area contributed by atoms with Gasteiger partial charge in [-0.25, -0.2) is 0 Å². The lowest BCUT2D eigenvalue weighted by Gasteiger charge is -2.30. The van der Waals surface area contributed by atoms with E-state index in [4.69, 9.17) is 5.73 Å². The van der Waals surface area contributed by atoms with Crippen molar-refractivity contribution >= 4 is 5.91 Å². The molecular formula is C16H25N3O. The van der Waals surface area contributed by atoms with Gasteiger partial charge in [0.05, 0.1) is 0 Å². The molecule has 4 heteroatoms. The minimum Gasteiger partial charge on any atom is -0.366 e. The summed E-state index contributed by atoms with van der Waals surface area (Å²) >= 11 is 0. The first-order valence-corrected chi connectivity index (χ1v) is 7.47. The van der Waals surface area contributed by atoms with Gasteiger partial charge in [-0.05, 0) is 49.5 Å². The molecule has 0 atom stereocenters. The van der Waals surface area contributed by atoms with Crippen molar-refractivity contribution in [1.29, 1.82) is 0 Å². The van der Waals surface area contributed by atoms with Crippen LogP contribution in [0.5, 0.6) is 0 Å². The highest BCUT2D eigenvalue weighted by molar-refractivity contribution is 5.92. The molecule has 1 aliphatic rings. The van der Waals surface area contributed by atoms with Gasteiger partial charge in [-0.3, -0.25) is 4.79 Å². The summed E-state index contributed by atoms with van der Waals surface area (Å²) in [5.74, 6) is 0.520. The summed E-state index contributed by atoms with van der Waals surface area (Å²) in [7, 11) is 0. The predicted octanol–water partition coefficient (Wildman–Crippen LogP) is 1.61. The first-order chi connectivity index (χ1) is 9.65. The van der Waals surface area contributed by atoms with Crippen LogP contribution in [0.2, 0.25) is 0 Å². The van der Waals surface area contributed by atoms with Gasteiger partial charge >= 0.3 is 0 Å². The number of carbonyl (C=O) groups excluding carboxylic acids is 1. The summed E-state index contributed by atoms with van der Waals surface area (Å²) in [6.45, 7) is 7.76. The van der Waals surface area contributed by atoms with E-state index in [1.807, 2.05) is 12.1 Å². The lowest BCUT2D eigenvalue weighted by molar-refractivity contribution is 0.100. The SMILES string of the molecule is CC1CCN(CCNCc2ccc(C(N)=O)cc2)CC1. The van der Waals surface area contributed by atoms with E-state index in [1.54, 1.807) is 12.1 Å². The quantitative estimate of drug-likeness (QED) is 0.775. The van der Waals surface area contributed by atoms with Gasteiger partial charge in [0.15, 0.2) is 0 Å². The zero-order valence-corrected chi connectivity index (χ0v) is 12.3. The minimum atomic E-state index is -0.371. The Kier molecular flexibility index (Phi) is 5.56. The standard InChI is InChI=1S/C16H25N3O/c1-13-6-9-19(10-7-13)11-8-18-12-14-2-4-15(5-3-14)16(17)20/h2-5,13,18H,6-12H2,1H3,(H2,17,20). The van der Waals surface area contributed by atoms with Gasteiger partial charge in [-0.15, -0.1) is 0 Å². The van der Waals surface area contributed by atoms with Crippen molar-refractivity contribution in [1.82, 2.24) is 10.2 Å². The van der Waals surface area contributed by atoms with E-state index in [0.29, 0.717) is 5.56 Å². The Bertz CT molecular complexity index is 422. The number of hydrogen-bond donors (Lipinski definition) is 2. The molecule has 2 rings (SSSR count). The molecule has 3 N–H and O–H groups in total. The zero-order chi connectivity index (χ0) is 14.4. The molecule has 0 spiro atoms. The van der Waals surface area contributed by atoms with Crippen LogP contribution in [-0.2, 0) is 6.54 Å². The Morgan fingerprint density at radius 1 is 1.30 bits per heavy atom. The van der Waals surface area contributed by atoms with Crippen LogP contribution in [0.1, 0.15) is 35.7 Å². The molecule has 4 nitrogen and oxygen atoms in total. The van der Waals surface area contributed by atoms with Crippen LogP contribution < -0.4 is 11.1 Å². The number of piperidine rings is 1. The maximum absolute atomic E-state index is 11.0. The van der Waals surface area contributed by atoms with E-state index < -0.39 is 0 Å². The van der Waals surface area contributed by atoms with Crippen molar-refractivity contribution in [2.75, 3.05) is 26.2 Å². The number of nitrogens with two attached hydrogens (primary N) is 1. The van der Waals surface area contributed by atoms with Crippen molar-refractivity contribution in [3.05, 3.63) is 35.4 Å². The molecule has 1 fully saturated rings. The topological polar surface area (TPSA) is 58.4 Å². The van der Waals surface area contributed by atoms with Crippen LogP contribution in [0.4, 0.5) is 0 Å². The van der Waals surface area contributed by atoms with E-state index in [0.717, 1.165) is 25.6 Å². The number of benzene rings is 1. The summed E-state index contributed by atoms with van der Waals surface area (Å²) < 4.78 is 0. The molecule has 20 heavy (non-hydrogen) atoms. The summed E-state index contributed by atoms with van der Waals surface area (Å²) in [6.07, 6.45) is 2.66. The van der Waals surface area contributed by atoms with Gasteiger partial charge < -0.3 is 16.0 Å². The molecule has 0 aliphatic carbocycles. The monoisotopic (exact) mass is 275 g/mol. The fourth-order valence-corrected chi connectivity index (χ4v) is 2.54. The highest BCUT2D eigenvalue weighted by Gasteiger charge is 2.14. The summed E-state index contributed by atoms with van der Waals surface area (Å²) in [4.78, 5) is 13.5. The molecule has 0 unspecified atom stereocenters. The molecule has 0 saturated carbocycles. The third-order valence-corrected chi connectivity index (χ3v) is 4.05. The van der Waals surface area contributed by atoms with Gasteiger partial charge in [0.1, 0.15) is 0 Å². The molecule has 1 heterocycles. The van der Waals surface area contributed by atoms with E-state index in [1.165, 1.54) is 31.5 Å². The fraction of sp³-hybridized carbons (Fsp3) is 0.562. The molecule has 1 amide bonds. The highest BCUT2D eigenvalue weighted by Crippen LogP contribution is 2.15. The highest BCUT2D eigenvalue weighted by atomic mass is 16.1. The number of rotatable bonds is 6. The Morgan fingerprint density at radius 2 is 1.95 bits per heavy atom. The number of carbonyl (C=O) groups is 1. The Morgan fingerprint density at radius 3 is 2.55 bits per heavy atom. The smallest absolute Gasteiger partial charge is 0.248 e. The van der Waals surface area contributed by atoms with Crippen LogP contribution in [0.25, 0.3) is 0 Å². The number of nitrogens with one attached hydrogen (secondary N) is 1. The first kappa shape index (κ1) is 15.0. The lowest BCUT2D eigenvalue weighted by Crippen LogP contribution is -2.37. The molecule has 0 bridgehead atoms. The second kappa shape index (κ2) is 7.41. The fourth-order valence-electron chi connectivity index (χ4n) is 2.54. The maximum atomic E-state index is 11.0. The summed E-state index contributed by atoms with van der Waals surface area (Å²) in [5.41, 5.74) is 6.97. The van der Waals surface area contributed by atoms with E-state index in [-0.39, 0.29) is 5.91 Å². The second-order valence-corrected chi connectivity index (χ2v) is 5.76. The van der Waals surface area contributed by atoms with Crippen molar-refractivity contribution in [2.24, 2.45) is 11.7 Å². The third kappa shape index (κ3) is 4.62. The van der Waals surface area contributed by atoms with Gasteiger partial charge in [-0.1, -0.05) is 19.1 Å². The van der Waals surface area contributed by atoms with Gasteiger partial charge in [-0.2, -0.15) is 0 Å². The third-order valence-electron chi connectivity index (χ3n) is 4.05. The summed E-state index contributed by atoms with van der Waals surface area (Å²) in [5, 5.41) is 3.45. The molecular weight excluding hydrogens is 250 g/mol. The van der Waals surface area contributed by atoms with Crippen molar-refractivity contribution in [3.63, 3.8) is 0 Å². The van der Waals surface area contributed by atoms with E-state index in [2.05, 4.69) is 17.1 Å². The Balaban J connectivity index is 1.64. The van der Waals surface area contributed by atoms with E-state index >= 15 is 0 Å². The largest absolute Gasteiger partial charge is 0.366 e. The number of hydrogen-bond acceptors (Lipinski definition) is 3. The summed E-state index contributed by atoms with van der Waals surface area (Å²) in [6, 6.07) is 7.47. The number of likely N-dealkylation sites (tertiary alicyclic amines) is 1. The Labute approximate surface area is 121 Å². The molecule has 1 aliphatic heterocycles.